The molecule has 0 radical (unpaired) electrons. The molecule has 4 nitrogen and oxygen atoms in total. The smallest absolute Gasteiger partial charge is 0.260 e. The van der Waals surface area contributed by atoms with Crippen LogP contribution in [0.15, 0.2) is 42.5 Å². The molecule has 130 valence electrons. The number of carbonyl (C=O) groups is 2. The van der Waals surface area contributed by atoms with E-state index < -0.39 is 11.7 Å². The van der Waals surface area contributed by atoms with E-state index >= 15 is 0 Å². The van der Waals surface area contributed by atoms with Crippen LogP contribution in [0.2, 0.25) is 0 Å². The summed E-state index contributed by atoms with van der Waals surface area (Å²) in [5, 5.41) is 9.76. The number of aryl methyl sites for hydroxylation is 1. The molecule has 0 aliphatic carbocycles. The first kappa shape index (κ1) is 17.1. The number of halogens is 1. The van der Waals surface area contributed by atoms with Crippen molar-refractivity contribution < 1.29 is 19.1 Å². The standard InChI is InChI=1S/C20H20FNO3/c1-13-5-7-14(8-6-13)19(24)15-9-11-22(12-10-15)20(25)18-16(21)3-2-4-17(18)23/h2-8,15,23H,9-12H2,1H3. The third-order valence-electron chi connectivity index (χ3n) is 4.69. The van der Waals surface area contributed by atoms with E-state index in [0.717, 1.165) is 11.6 Å². The highest BCUT2D eigenvalue weighted by Crippen LogP contribution is 2.26. The van der Waals surface area contributed by atoms with Crippen LogP contribution in [0.4, 0.5) is 4.39 Å². The van der Waals surface area contributed by atoms with Gasteiger partial charge in [0, 0.05) is 24.6 Å². The number of nitrogens with zero attached hydrogens (tertiary/aromatic N) is 1. The second kappa shape index (κ2) is 7.05. The summed E-state index contributed by atoms with van der Waals surface area (Å²) in [5.41, 5.74) is 1.48. The third-order valence-corrected chi connectivity index (χ3v) is 4.69. The van der Waals surface area contributed by atoms with Crippen molar-refractivity contribution >= 4 is 11.7 Å². The number of phenolic OH excluding ortho intramolecular Hbond substituents is 1. The molecule has 1 aliphatic rings. The minimum atomic E-state index is -0.733. The van der Waals surface area contributed by atoms with Gasteiger partial charge < -0.3 is 10.0 Å². The number of phenols is 1. The average molecular weight is 341 g/mol. The van der Waals surface area contributed by atoms with E-state index in [1.165, 1.54) is 17.0 Å². The highest BCUT2D eigenvalue weighted by atomic mass is 19.1. The van der Waals surface area contributed by atoms with Crippen molar-refractivity contribution in [3.8, 4) is 5.75 Å². The molecular weight excluding hydrogens is 321 g/mol. The zero-order valence-corrected chi connectivity index (χ0v) is 14.0. The lowest BCUT2D eigenvalue weighted by Crippen LogP contribution is -2.40. The van der Waals surface area contributed by atoms with Crippen LogP contribution in [-0.4, -0.2) is 34.8 Å². The Hall–Kier alpha value is -2.69. The van der Waals surface area contributed by atoms with Gasteiger partial charge in [-0.3, -0.25) is 9.59 Å². The number of benzene rings is 2. The highest BCUT2D eigenvalue weighted by Gasteiger charge is 2.30. The maximum Gasteiger partial charge on any atom is 0.260 e. The summed E-state index contributed by atoms with van der Waals surface area (Å²) in [6.45, 7) is 2.71. The highest BCUT2D eigenvalue weighted by molar-refractivity contribution is 5.99. The Balaban J connectivity index is 1.66. The molecule has 0 bridgehead atoms. The van der Waals surface area contributed by atoms with Crippen LogP contribution in [0.5, 0.6) is 5.75 Å². The number of Topliss-reactive ketones (excluding diaryl/α,β-unsaturated/α-hetero) is 1. The van der Waals surface area contributed by atoms with Gasteiger partial charge in [0.05, 0.1) is 0 Å². The molecule has 3 rings (SSSR count). The van der Waals surface area contributed by atoms with Gasteiger partial charge in [0.2, 0.25) is 0 Å². The number of hydrogen-bond acceptors (Lipinski definition) is 3. The minimum absolute atomic E-state index is 0.0841. The third kappa shape index (κ3) is 3.55. The Morgan fingerprint density at radius 2 is 1.72 bits per heavy atom. The second-order valence-corrected chi connectivity index (χ2v) is 6.43. The van der Waals surface area contributed by atoms with Crippen LogP contribution in [0, 0.1) is 18.7 Å². The molecule has 1 aliphatic heterocycles. The summed E-state index contributed by atoms with van der Waals surface area (Å²) in [4.78, 5) is 26.5. The van der Waals surface area contributed by atoms with Crippen LogP contribution >= 0.6 is 0 Å². The van der Waals surface area contributed by atoms with Crippen molar-refractivity contribution in [3.05, 3.63) is 65.0 Å². The first-order valence-electron chi connectivity index (χ1n) is 8.35. The Morgan fingerprint density at radius 3 is 2.32 bits per heavy atom. The van der Waals surface area contributed by atoms with Gasteiger partial charge >= 0.3 is 0 Å². The number of rotatable bonds is 3. The summed E-state index contributed by atoms with van der Waals surface area (Å²) >= 11 is 0. The number of amides is 1. The number of carbonyl (C=O) groups excluding carboxylic acids is 2. The quantitative estimate of drug-likeness (QED) is 0.868. The number of piperidine rings is 1. The van der Waals surface area contributed by atoms with Crippen molar-refractivity contribution in [3.63, 3.8) is 0 Å². The van der Waals surface area contributed by atoms with Crippen LogP contribution in [-0.2, 0) is 0 Å². The molecule has 1 N–H and O–H groups in total. The molecule has 1 saturated heterocycles. The normalized spacial score (nSPS) is 15.2. The fourth-order valence-electron chi connectivity index (χ4n) is 3.18. The second-order valence-electron chi connectivity index (χ2n) is 6.43. The Labute approximate surface area is 145 Å². The lowest BCUT2D eigenvalue weighted by molar-refractivity contribution is 0.0643. The molecule has 0 aromatic heterocycles. The van der Waals surface area contributed by atoms with E-state index in [1.54, 1.807) is 0 Å². The van der Waals surface area contributed by atoms with Gasteiger partial charge in [0.1, 0.15) is 17.1 Å². The van der Waals surface area contributed by atoms with E-state index in [1.807, 2.05) is 31.2 Å². The van der Waals surface area contributed by atoms with Crippen LogP contribution < -0.4 is 0 Å². The molecule has 0 spiro atoms. The lowest BCUT2D eigenvalue weighted by Gasteiger charge is -2.31. The van der Waals surface area contributed by atoms with Crippen molar-refractivity contribution in [1.29, 1.82) is 0 Å². The van der Waals surface area contributed by atoms with E-state index in [2.05, 4.69) is 0 Å². The summed E-state index contributed by atoms with van der Waals surface area (Å²) in [6, 6.07) is 11.3. The summed E-state index contributed by atoms with van der Waals surface area (Å²) < 4.78 is 13.9. The zero-order valence-electron chi connectivity index (χ0n) is 14.0. The number of hydrogen-bond donors (Lipinski definition) is 1. The first-order chi connectivity index (χ1) is 12.0. The number of aromatic hydroxyl groups is 1. The zero-order chi connectivity index (χ0) is 18.0. The molecule has 1 amide bonds. The molecule has 2 aromatic carbocycles. The van der Waals surface area contributed by atoms with Gasteiger partial charge in [-0.05, 0) is 31.9 Å². The Bertz CT molecular complexity index is 773. The van der Waals surface area contributed by atoms with Gasteiger partial charge in [-0.25, -0.2) is 4.39 Å². The average Bonchev–Trinajstić information content (AvgIpc) is 2.61. The SMILES string of the molecule is Cc1ccc(C(=O)C2CCN(C(=O)c3c(O)cccc3F)CC2)cc1. The fraction of sp³-hybridized carbons (Fsp3) is 0.300. The van der Waals surface area contributed by atoms with Crippen molar-refractivity contribution in [1.82, 2.24) is 4.90 Å². The maximum atomic E-state index is 13.9. The molecule has 0 atom stereocenters. The van der Waals surface area contributed by atoms with E-state index in [-0.39, 0.29) is 23.0 Å². The van der Waals surface area contributed by atoms with E-state index in [4.69, 9.17) is 0 Å². The van der Waals surface area contributed by atoms with Crippen molar-refractivity contribution in [2.75, 3.05) is 13.1 Å². The minimum Gasteiger partial charge on any atom is -0.507 e. The Morgan fingerprint density at radius 1 is 1.08 bits per heavy atom. The molecule has 1 fully saturated rings. The summed E-state index contributed by atoms with van der Waals surface area (Å²) in [5.74, 6) is -1.68. The van der Waals surface area contributed by atoms with E-state index in [9.17, 15) is 19.1 Å². The molecule has 5 heteroatoms. The van der Waals surface area contributed by atoms with E-state index in [0.29, 0.717) is 31.5 Å². The molecular formula is C20H20FNO3. The van der Waals surface area contributed by atoms with Crippen LogP contribution in [0.1, 0.15) is 39.1 Å². The summed E-state index contributed by atoms with van der Waals surface area (Å²) in [6.07, 6.45) is 1.07. The lowest BCUT2D eigenvalue weighted by atomic mass is 9.88. The topological polar surface area (TPSA) is 57.6 Å². The van der Waals surface area contributed by atoms with Crippen molar-refractivity contribution in [2.24, 2.45) is 5.92 Å². The van der Waals surface area contributed by atoms with Gasteiger partial charge in [-0.15, -0.1) is 0 Å². The summed E-state index contributed by atoms with van der Waals surface area (Å²) in [7, 11) is 0. The largest absolute Gasteiger partial charge is 0.507 e. The predicted molar refractivity (Wildman–Crippen MR) is 92.2 cm³/mol. The van der Waals surface area contributed by atoms with Gasteiger partial charge in [-0.2, -0.15) is 0 Å². The van der Waals surface area contributed by atoms with Gasteiger partial charge in [0.15, 0.2) is 5.78 Å². The molecule has 1 heterocycles. The molecule has 0 unspecified atom stereocenters. The van der Waals surface area contributed by atoms with Gasteiger partial charge in [-0.1, -0.05) is 35.9 Å². The number of ketones is 1. The van der Waals surface area contributed by atoms with Crippen LogP contribution in [0.3, 0.4) is 0 Å². The van der Waals surface area contributed by atoms with Crippen molar-refractivity contribution in [2.45, 2.75) is 19.8 Å². The molecule has 25 heavy (non-hydrogen) atoms. The monoisotopic (exact) mass is 341 g/mol. The molecule has 0 saturated carbocycles. The maximum absolute atomic E-state index is 13.9. The predicted octanol–water partition coefficient (Wildman–Crippen LogP) is 3.57. The fourth-order valence-corrected chi connectivity index (χ4v) is 3.18. The number of likely N-dealkylation sites (tertiary alicyclic amines) is 1. The molecule has 2 aromatic rings. The first-order valence-corrected chi connectivity index (χ1v) is 8.35. The Kier molecular flexibility index (Phi) is 4.83. The van der Waals surface area contributed by atoms with Crippen LogP contribution in [0.25, 0.3) is 0 Å². The van der Waals surface area contributed by atoms with Gasteiger partial charge in [0.25, 0.3) is 5.91 Å².